The topological polar surface area (TPSA) is 72.6 Å². The summed E-state index contributed by atoms with van der Waals surface area (Å²) in [6.07, 6.45) is 3.97. The molecule has 1 aliphatic heterocycles. The third kappa shape index (κ3) is 3.92. The normalized spacial score (nSPS) is 13.1. The Morgan fingerprint density at radius 3 is 2.76 bits per heavy atom. The number of esters is 1. The van der Waals surface area contributed by atoms with Crippen molar-refractivity contribution in [2.75, 3.05) is 18.6 Å². The number of aromatic nitrogens is 1. The lowest BCUT2D eigenvalue weighted by Gasteiger charge is -2.30. The Labute approximate surface area is 169 Å². The molecule has 0 spiro atoms. The second kappa shape index (κ2) is 8.31. The highest BCUT2D eigenvalue weighted by Gasteiger charge is 2.26. The molecule has 0 N–H and O–H groups in total. The van der Waals surface area contributed by atoms with Crippen LogP contribution < -0.4 is 4.90 Å². The van der Waals surface area contributed by atoms with E-state index in [1.54, 1.807) is 23.2 Å². The van der Waals surface area contributed by atoms with Gasteiger partial charge in [0.1, 0.15) is 0 Å². The lowest BCUT2D eigenvalue weighted by atomic mass is 9.96. The third-order valence-electron chi connectivity index (χ3n) is 5.12. The van der Waals surface area contributed by atoms with E-state index in [4.69, 9.17) is 9.15 Å². The first-order chi connectivity index (χ1) is 14.2. The molecule has 0 fully saturated rings. The number of carbonyl (C=O) groups excluding carboxylic acids is 2. The van der Waals surface area contributed by atoms with Gasteiger partial charge in [0.05, 0.1) is 18.9 Å². The van der Waals surface area contributed by atoms with Crippen LogP contribution in [0.4, 0.5) is 5.69 Å². The molecule has 0 saturated heterocycles. The van der Waals surface area contributed by atoms with Gasteiger partial charge in [0, 0.05) is 30.6 Å². The number of rotatable bonds is 5. The van der Waals surface area contributed by atoms with Gasteiger partial charge >= 0.3 is 5.97 Å². The van der Waals surface area contributed by atoms with Gasteiger partial charge in [-0.05, 0) is 30.5 Å². The fourth-order valence-corrected chi connectivity index (χ4v) is 3.70. The molecule has 29 heavy (non-hydrogen) atoms. The van der Waals surface area contributed by atoms with Crippen molar-refractivity contribution in [2.24, 2.45) is 0 Å². The molecular formula is C23H22N2O4. The Kier molecular flexibility index (Phi) is 5.42. The van der Waals surface area contributed by atoms with Crippen LogP contribution in [0.2, 0.25) is 0 Å². The SMILES string of the molecule is COC(=O)c1cccc2c1CCCN2C(=O)CCc1ncc(-c2ccccc2)o1. The summed E-state index contributed by atoms with van der Waals surface area (Å²) in [6, 6.07) is 15.2. The molecule has 2 heterocycles. The number of benzene rings is 2. The fraction of sp³-hybridized carbons (Fsp3) is 0.261. The standard InChI is InChI=1S/C23H22N2O4/c1-28-23(27)18-9-5-11-19-17(18)10-6-14-25(19)22(26)13-12-21-24-15-20(29-21)16-7-3-2-4-8-16/h2-5,7-9,11,15H,6,10,12-14H2,1H3. The highest BCUT2D eigenvalue weighted by atomic mass is 16.5. The van der Waals surface area contributed by atoms with Crippen molar-refractivity contribution >= 4 is 17.6 Å². The molecule has 6 nitrogen and oxygen atoms in total. The van der Waals surface area contributed by atoms with Gasteiger partial charge < -0.3 is 14.1 Å². The van der Waals surface area contributed by atoms with Gasteiger partial charge in [-0.25, -0.2) is 9.78 Å². The molecule has 148 valence electrons. The van der Waals surface area contributed by atoms with E-state index in [2.05, 4.69) is 4.98 Å². The van der Waals surface area contributed by atoms with Gasteiger partial charge in [0.2, 0.25) is 5.91 Å². The first-order valence-electron chi connectivity index (χ1n) is 9.68. The number of carbonyl (C=O) groups is 2. The molecule has 1 amide bonds. The molecule has 0 radical (unpaired) electrons. The monoisotopic (exact) mass is 390 g/mol. The summed E-state index contributed by atoms with van der Waals surface area (Å²) in [5.74, 6) is 0.855. The van der Waals surface area contributed by atoms with Gasteiger partial charge in [-0.1, -0.05) is 36.4 Å². The molecule has 0 aliphatic carbocycles. The zero-order valence-electron chi connectivity index (χ0n) is 16.3. The van der Waals surface area contributed by atoms with Crippen LogP contribution >= 0.6 is 0 Å². The molecule has 3 aromatic rings. The predicted octanol–water partition coefficient (Wildman–Crippen LogP) is 4.04. The van der Waals surface area contributed by atoms with Gasteiger partial charge in [0.25, 0.3) is 0 Å². The average molecular weight is 390 g/mol. The van der Waals surface area contributed by atoms with E-state index in [0.717, 1.165) is 29.7 Å². The van der Waals surface area contributed by atoms with E-state index in [-0.39, 0.29) is 18.3 Å². The summed E-state index contributed by atoms with van der Waals surface area (Å²) in [6.45, 7) is 0.636. The summed E-state index contributed by atoms with van der Waals surface area (Å²) in [4.78, 5) is 31.0. The molecule has 0 atom stereocenters. The van der Waals surface area contributed by atoms with Crippen LogP contribution in [-0.4, -0.2) is 30.5 Å². The second-order valence-electron chi connectivity index (χ2n) is 6.93. The van der Waals surface area contributed by atoms with Crippen molar-refractivity contribution in [3.8, 4) is 11.3 Å². The number of ether oxygens (including phenoxy) is 1. The highest BCUT2D eigenvalue weighted by molar-refractivity contribution is 5.98. The maximum absolute atomic E-state index is 12.9. The van der Waals surface area contributed by atoms with Crippen LogP contribution in [0.5, 0.6) is 0 Å². The maximum atomic E-state index is 12.9. The zero-order valence-corrected chi connectivity index (χ0v) is 16.3. The number of oxazole rings is 1. The Morgan fingerprint density at radius 2 is 1.97 bits per heavy atom. The molecule has 4 rings (SSSR count). The Hall–Kier alpha value is -3.41. The van der Waals surface area contributed by atoms with E-state index < -0.39 is 0 Å². The number of hydrogen-bond donors (Lipinski definition) is 0. The largest absolute Gasteiger partial charge is 0.465 e. The number of amides is 1. The summed E-state index contributed by atoms with van der Waals surface area (Å²) in [5.41, 5.74) is 3.16. The van der Waals surface area contributed by atoms with Gasteiger partial charge in [0.15, 0.2) is 11.7 Å². The number of nitrogens with zero attached hydrogens (tertiary/aromatic N) is 2. The van der Waals surface area contributed by atoms with Crippen LogP contribution in [0.15, 0.2) is 59.1 Å². The lowest BCUT2D eigenvalue weighted by molar-refractivity contribution is -0.118. The van der Waals surface area contributed by atoms with Gasteiger partial charge in [-0.15, -0.1) is 0 Å². The summed E-state index contributed by atoms with van der Waals surface area (Å²) >= 11 is 0. The van der Waals surface area contributed by atoms with Crippen LogP contribution in [-0.2, 0) is 22.4 Å². The van der Waals surface area contributed by atoms with Crippen molar-refractivity contribution in [1.29, 1.82) is 0 Å². The first-order valence-corrected chi connectivity index (χ1v) is 9.68. The average Bonchev–Trinajstić information content (AvgIpc) is 3.26. The van der Waals surface area contributed by atoms with Gasteiger partial charge in [-0.2, -0.15) is 0 Å². The van der Waals surface area contributed by atoms with Crippen LogP contribution in [0, 0.1) is 0 Å². The molecule has 1 aliphatic rings. The van der Waals surface area contributed by atoms with E-state index in [0.29, 0.717) is 30.2 Å². The minimum Gasteiger partial charge on any atom is -0.465 e. The molecule has 1 aromatic heterocycles. The number of fused-ring (bicyclic) bond motifs is 1. The fourth-order valence-electron chi connectivity index (χ4n) is 3.70. The Balaban J connectivity index is 1.47. The molecule has 6 heteroatoms. The zero-order chi connectivity index (χ0) is 20.2. The lowest BCUT2D eigenvalue weighted by Crippen LogP contribution is -2.36. The third-order valence-corrected chi connectivity index (χ3v) is 5.12. The summed E-state index contributed by atoms with van der Waals surface area (Å²) in [5, 5.41) is 0. The van der Waals surface area contributed by atoms with Crippen molar-refractivity contribution < 1.29 is 18.7 Å². The van der Waals surface area contributed by atoms with Crippen molar-refractivity contribution in [3.63, 3.8) is 0 Å². The van der Waals surface area contributed by atoms with Crippen molar-refractivity contribution in [2.45, 2.75) is 25.7 Å². The molecule has 0 saturated carbocycles. The van der Waals surface area contributed by atoms with Crippen LogP contribution in [0.1, 0.15) is 34.7 Å². The first kappa shape index (κ1) is 18.9. The summed E-state index contributed by atoms with van der Waals surface area (Å²) < 4.78 is 10.7. The molecular weight excluding hydrogens is 368 g/mol. The molecule has 0 bridgehead atoms. The Bertz CT molecular complexity index is 1030. The minimum absolute atomic E-state index is 0.00701. The van der Waals surface area contributed by atoms with E-state index in [1.807, 2.05) is 36.4 Å². The maximum Gasteiger partial charge on any atom is 0.338 e. The summed E-state index contributed by atoms with van der Waals surface area (Å²) in [7, 11) is 1.37. The van der Waals surface area contributed by atoms with Crippen molar-refractivity contribution in [3.05, 3.63) is 71.7 Å². The van der Waals surface area contributed by atoms with E-state index >= 15 is 0 Å². The van der Waals surface area contributed by atoms with Crippen LogP contribution in [0.25, 0.3) is 11.3 Å². The van der Waals surface area contributed by atoms with Crippen molar-refractivity contribution in [1.82, 2.24) is 4.98 Å². The van der Waals surface area contributed by atoms with E-state index in [9.17, 15) is 9.59 Å². The molecule has 0 unspecified atom stereocenters. The molecule has 2 aromatic carbocycles. The van der Waals surface area contributed by atoms with E-state index in [1.165, 1.54) is 7.11 Å². The predicted molar refractivity (Wildman–Crippen MR) is 109 cm³/mol. The quantitative estimate of drug-likeness (QED) is 0.615. The van der Waals surface area contributed by atoms with Crippen LogP contribution in [0.3, 0.4) is 0 Å². The minimum atomic E-state index is -0.371. The highest BCUT2D eigenvalue weighted by Crippen LogP contribution is 2.31. The number of anilines is 1. The van der Waals surface area contributed by atoms with Gasteiger partial charge in [-0.3, -0.25) is 4.79 Å². The number of aryl methyl sites for hydroxylation is 1. The Morgan fingerprint density at radius 1 is 1.14 bits per heavy atom. The smallest absolute Gasteiger partial charge is 0.338 e. The number of hydrogen-bond acceptors (Lipinski definition) is 5. The second-order valence-corrected chi connectivity index (χ2v) is 6.93. The number of methoxy groups -OCH3 is 1.